The Morgan fingerprint density at radius 2 is 2.27 bits per heavy atom. The molecule has 4 nitrogen and oxygen atoms in total. The minimum Gasteiger partial charge on any atom is -0.343 e. The van der Waals surface area contributed by atoms with Crippen LogP contribution in [0.15, 0.2) is 17.5 Å². The number of thiophene rings is 1. The van der Waals surface area contributed by atoms with Crippen molar-refractivity contribution in [3.63, 3.8) is 0 Å². The summed E-state index contributed by atoms with van der Waals surface area (Å²) in [5.41, 5.74) is 0.202. The van der Waals surface area contributed by atoms with Crippen LogP contribution < -0.4 is 5.32 Å². The summed E-state index contributed by atoms with van der Waals surface area (Å²) < 4.78 is 0. The van der Waals surface area contributed by atoms with E-state index >= 15 is 0 Å². The van der Waals surface area contributed by atoms with Crippen LogP contribution >= 0.6 is 11.3 Å². The second-order valence-corrected chi connectivity index (χ2v) is 7.18. The molecule has 1 aliphatic carbocycles. The number of rotatable bonds is 7. The van der Waals surface area contributed by atoms with E-state index in [1.54, 1.807) is 11.9 Å². The van der Waals surface area contributed by atoms with E-state index in [0.29, 0.717) is 13.0 Å². The minimum absolute atomic E-state index is 0.0644. The molecule has 5 heteroatoms. The molecular weight excluding hydrogens is 294 g/mol. The first-order valence-electron chi connectivity index (χ1n) is 7.98. The molecular formula is C17H25N3OS. The molecule has 1 N–H and O–H groups in total. The van der Waals surface area contributed by atoms with Gasteiger partial charge in [-0.15, -0.1) is 11.3 Å². The second kappa shape index (κ2) is 7.75. The van der Waals surface area contributed by atoms with Crippen molar-refractivity contribution in [3.8, 4) is 6.07 Å². The lowest BCUT2D eigenvalue weighted by Gasteiger charge is -2.30. The number of amides is 1. The van der Waals surface area contributed by atoms with E-state index in [2.05, 4.69) is 28.9 Å². The Labute approximate surface area is 137 Å². The van der Waals surface area contributed by atoms with Crippen molar-refractivity contribution in [2.45, 2.75) is 50.5 Å². The first-order chi connectivity index (χ1) is 10.6. The van der Waals surface area contributed by atoms with Gasteiger partial charge in [-0.3, -0.25) is 4.79 Å². The summed E-state index contributed by atoms with van der Waals surface area (Å²) in [6.07, 6.45) is 5.32. The highest BCUT2D eigenvalue weighted by molar-refractivity contribution is 7.10. The predicted molar refractivity (Wildman–Crippen MR) is 89.8 cm³/mol. The normalized spacial score (nSPS) is 17.9. The van der Waals surface area contributed by atoms with Gasteiger partial charge in [0, 0.05) is 30.4 Å². The second-order valence-electron chi connectivity index (χ2n) is 6.24. The molecule has 1 amide bonds. The van der Waals surface area contributed by atoms with Gasteiger partial charge in [-0.05, 0) is 31.2 Å². The van der Waals surface area contributed by atoms with E-state index < -0.39 is 0 Å². The maximum Gasteiger partial charge on any atom is 0.239 e. The monoisotopic (exact) mass is 319 g/mol. The Morgan fingerprint density at radius 3 is 2.86 bits per heavy atom. The first-order valence-corrected chi connectivity index (χ1v) is 8.86. The average Bonchev–Trinajstić information content (AvgIpc) is 3.20. The van der Waals surface area contributed by atoms with Gasteiger partial charge in [0.1, 0.15) is 0 Å². The Kier molecular flexibility index (Phi) is 5.98. The summed E-state index contributed by atoms with van der Waals surface area (Å²) in [7, 11) is 1.77. The van der Waals surface area contributed by atoms with Gasteiger partial charge in [0.05, 0.1) is 18.5 Å². The fourth-order valence-electron chi connectivity index (χ4n) is 3.24. The first kappa shape index (κ1) is 17.0. The summed E-state index contributed by atoms with van der Waals surface area (Å²) in [6.45, 7) is 3.27. The molecule has 1 fully saturated rings. The molecule has 22 heavy (non-hydrogen) atoms. The predicted octanol–water partition coefficient (Wildman–Crippen LogP) is 2.91. The standard InChI is InChI=1S/C17H25N3OS/c1-14(16(21)20(2)11-6-10-18)19-13-17(8-3-4-9-17)15-7-5-12-22-15/h5,7,12,14,19H,3-4,6,8-9,11,13H2,1-2H3. The number of likely N-dealkylation sites (N-methyl/N-ethyl adjacent to an activating group) is 1. The summed E-state index contributed by atoms with van der Waals surface area (Å²) in [6, 6.07) is 6.21. The van der Waals surface area contributed by atoms with Crippen molar-refractivity contribution in [2.75, 3.05) is 20.1 Å². The van der Waals surface area contributed by atoms with Gasteiger partial charge in [0.25, 0.3) is 0 Å². The van der Waals surface area contributed by atoms with Crippen LogP contribution in [0.4, 0.5) is 0 Å². The molecule has 0 bridgehead atoms. The van der Waals surface area contributed by atoms with Gasteiger partial charge >= 0.3 is 0 Å². The largest absolute Gasteiger partial charge is 0.343 e. The number of nitriles is 1. The molecule has 1 saturated carbocycles. The van der Waals surface area contributed by atoms with Gasteiger partial charge in [0.15, 0.2) is 0 Å². The van der Waals surface area contributed by atoms with Crippen LogP contribution in [0.1, 0.15) is 43.9 Å². The van der Waals surface area contributed by atoms with Crippen LogP contribution in [0.5, 0.6) is 0 Å². The highest BCUT2D eigenvalue weighted by Gasteiger charge is 2.37. The van der Waals surface area contributed by atoms with E-state index in [1.807, 2.05) is 18.3 Å². The molecule has 1 aromatic rings. The Bertz CT molecular complexity index is 515. The molecule has 0 aliphatic heterocycles. The molecule has 1 atom stereocenters. The number of carbonyl (C=O) groups is 1. The third-order valence-electron chi connectivity index (χ3n) is 4.66. The quantitative estimate of drug-likeness (QED) is 0.841. The van der Waals surface area contributed by atoms with Gasteiger partial charge in [0.2, 0.25) is 5.91 Å². The maximum atomic E-state index is 12.3. The molecule has 1 aromatic heterocycles. The zero-order valence-corrected chi connectivity index (χ0v) is 14.3. The minimum atomic E-state index is -0.207. The maximum absolute atomic E-state index is 12.3. The van der Waals surface area contributed by atoms with Crippen LogP contribution in [0.25, 0.3) is 0 Å². The van der Waals surface area contributed by atoms with E-state index in [9.17, 15) is 4.79 Å². The van der Waals surface area contributed by atoms with Crippen molar-refractivity contribution in [1.82, 2.24) is 10.2 Å². The van der Waals surface area contributed by atoms with Gasteiger partial charge in [-0.25, -0.2) is 0 Å². The summed E-state index contributed by atoms with van der Waals surface area (Å²) in [5, 5.41) is 14.2. The van der Waals surface area contributed by atoms with E-state index in [-0.39, 0.29) is 17.4 Å². The molecule has 0 aromatic carbocycles. The Balaban J connectivity index is 1.93. The lowest BCUT2D eigenvalue weighted by atomic mass is 9.84. The van der Waals surface area contributed by atoms with E-state index in [0.717, 1.165) is 6.54 Å². The number of nitrogens with zero attached hydrogens (tertiary/aromatic N) is 2. The van der Waals surface area contributed by atoms with Crippen LogP contribution in [-0.2, 0) is 10.2 Å². The lowest BCUT2D eigenvalue weighted by molar-refractivity contribution is -0.131. The van der Waals surface area contributed by atoms with Crippen molar-refractivity contribution in [3.05, 3.63) is 22.4 Å². The molecule has 2 rings (SSSR count). The smallest absolute Gasteiger partial charge is 0.239 e. The highest BCUT2D eigenvalue weighted by Crippen LogP contribution is 2.42. The number of hydrogen-bond donors (Lipinski definition) is 1. The zero-order chi connectivity index (χ0) is 16.0. The molecule has 120 valence electrons. The SMILES string of the molecule is CC(NCC1(c2cccs2)CCCC1)C(=O)N(C)CCC#N. The summed E-state index contributed by atoms with van der Waals surface area (Å²) in [5.74, 6) is 0.0644. The fraction of sp³-hybridized carbons (Fsp3) is 0.647. The van der Waals surface area contributed by atoms with Crippen molar-refractivity contribution in [1.29, 1.82) is 5.26 Å². The average molecular weight is 319 g/mol. The van der Waals surface area contributed by atoms with Crippen LogP contribution in [0, 0.1) is 11.3 Å². The van der Waals surface area contributed by atoms with E-state index in [1.165, 1.54) is 30.6 Å². The van der Waals surface area contributed by atoms with Crippen LogP contribution in [0.2, 0.25) is 0 Å². The third-order valence-corrected chi connectivity index (χ3v) is 5.77. The van der Waals surface area contributed by atoms with Crippen LogP contribution in [-0.4, -0.2) is 37.0 Å². The Morgan fingerprint density at radius 1 is 1.55 bits per heavy atom. The van der Waals surface area contributed by atoms with Gasteiger partial charge in [-0.1, -0.05) is 18.9 Å². The molecule has 1 unspecified atom stereocenters. The molecule has 1 aliphatic rings. The highest BCUT2D eigenvalue weighted by atomic mass is 32.1. The molecule has 0 saturated heterocycles. The van der Waals surface area contributed by atoms with E-state index in [4.69, 9.17) is 5.26 Å². The van der Waals surface area contributed by atoms with Gasteiger partial charge in [-0.2, -0.15) is 5.26 Å². The number of carbonyl (C=O) groups excluding carboxylic acids is 1. The van der Waals surface area contributed by atoms with Crippen molar-refractivity contribution >= 4 is 17.2 Å². The topological polar surface area (TPSA) is 56.1 Å². The number of hydrogen-bond acceptors (Lipinski definition) is 4. The summed E-state index contributed by atoms with van der Waals surface area (Å²) in [4.78, 5) is 15.4. The molecule has 1 heterocycles. The van der Waals surface area contributed by atoms with Gasteiger partial charge < -0.3 is 10.2 Å². The zero-order valence-electron chi connectivity index (χ0n) is 13.5. The molecule has 0 spiro atoms. The van der Waals surface area contributed by atoms with Crippen molar-refractivity contribution < 1.29 is 4.79 Å². The number of nitrogens with one attached hydrogen (secondary N) is 1. The lowest BCUT2D eigenvalue weighted by Crippen LogP contribution is -2.47. The molecule has 0 radical (unpaired) electrons. The Hall–Kier alpha value is -1.38. The fourth-order valence-corrected chi connectivity index (χ4v) is 4.22. The van der Waals surface area contributed by atoms with Crippen molar-refractivity contribution in [2.24, 2.45) is 0 Å². The summed E-state index contributed by atoms with van der Waals surface area (Å²) >= 11 is 1.83. The van der Waals surface area contributed by atoms with Crippen LogP contribution in [0.3, 0.4) is 0 Å². The third kappa shape index (κ3) is 3.88.